The van der Waals surface area contributed by atoms with E-state index in [-0.39, 0.29) is 18.4 Å². The lowest BCUT2D eigenvalue weighted by molar-refractivity contribution is -0.114. The van der Waals surface area contributed by atoms with E-state index >= 15 is 0 Å². The summed E-state index contributed by atoms with van der Waals surface area (Å²) in [5.41, 5.74) is 0.994. The first-order valence-corrected chi connectivity index (χ1v) is 7.31. The Labute approximate surface area is 126 Å². The van der Waals surface area contributed by atoms with E-state index in [1.54, 1.807) is 24.3 Å². The van der Waals surface area contributed by atoms with Crippen LogP contribution >= 0.6 is 11.3 Å². The molecule has 0 spiro atoms. The molecule has 21 heavy (non-hydrogen) atoms. The molecular weight excluding hydrogens is 288 g/mol. The highest BCUT2D eigenvalue weighted by molar-refractivity contribution is 7.10. The quantitative estimate of drug-likeness (QED) is 0.792. The summed E-state index contributed by atoms with van der Waals surface area (Å²) in [5, 5.41) is 17.1. The molecule has 2 aromatic rings. The van der Waals surface area contributed by atoms with Crippen LogP contribution in [0.5, 0.6) is 0 Å². The summed E-state index contributed by atoms with van der Waals surface area (Å²) in [4.78, 5) is 23.8. The molecular formula is C15H16N2O3S. The van der Waals surface area contributed by atoms with Crippen molar-refractivity contribution in [2.24, 2.45) is 0 Å². The Morgan fingerprint density at radius 2 is 2.10 bits per heavy atom. The van der Waals surface area contributed by atoms with Gasteiger partial charge in [-0.25, -0.2) is 0 Å². The maximum atomic E-state index is 12.0. The third-order valence-corrected chi connectivity index (χ3v) is 3.75. The summed E-state index contributed by atoms with van der Waals surface area (Å²) >= 11 is 1.44. The largest absolute Gasteiger partial charge is 0.386 e. The standard InChI is InChI=1S/C15H16N2O3S/c1-10(18)17-12-5-2-4-11(8-12)15(20)16-9-13(19)14-6-3-7-21-14/h2-8,13,19H,9H2,1H3,(H,16,20)(H,17,18). The van der Waals surface area contributed by atoms with E-state index in [4.69, 9.17) is 0 Å². The molecule has 0 radical (unpaired) electrons. The Morgan fingerprint density at radius 1 is 1.29 bits per heavy atom. The third kappa shape index (κ3) is 4.40. The van der Waals surface area contributed by atoms with Crippen LogP contribution in [0.1, 0.15) is 28.3 Å². The number of aliphatic hydroxyl groups excluding tert-OH is 1. The second kappa shape index (κ2) is 7.01. The fourth-order valence-electron chi connectivity index (χ4n) is 1.81. The molecule has 110 valence electrons. The molecule has 2 amide bonds. The van der Waals surface area contributed by atoms with Crippen LogP contribution in [0.2, 0.25) is 0 Å². The molecule has 0 aliphatic rings. The highest BCUT2D eigenvalue weighted by Crippen LogP contribution is 2.18. The molecule has 3 N–H and O–H groups in total. The molecule has 1 heterocycles. The second-order valence-corrected chi connectivity index (χ2v) is 5.48. The van der Waals surface area contributed by atoms with Gasteiger partial charge in [0.15, 0.2) is 0 Å². The molecule has 6 heteroatoms. The molecule has 0 fully saturated rings. The minimum atomic E-state index is -0.715. The predicted octanol–water partition coefficient (Wildman–Crippen LogP) is 2.17. The summed E-state index contributed by atoms with van der Waals surface area (Å²) in [5.74, 6) is -0.488. The maximum absolute atomic E-state index is 12.0. The maximum Gasteiger partial charge on any atom is 0.251 e. The van der Waals surface area contributed by atoms with Crippen LogP contribution in [0.4, 0.5) is 5.69 Å². The van der Waals surface area contributed by atoms with Gasteiger partial charge in [-0.2, -0.15) is 0 Å². The summed E-state index contributed by atoms with van der Waals surface area (Å²) in [7, 11) is 0. The zero-order valence-electron chi connectivity index (χ0n) is 11.5. The highest BCUT2D eigenvalue weighted by atomic mass is 32.1. The number of nitrogens with one attached hydrogen (secondary N) is 2. The van der Waals surface area contributed by atoms with Crippen LogP contribution in [-0.4, -0.2) is 23.5 Å². The minimum Gasteiger partial charge on any atom is -0.386 e. The van der Waals surface area contributed by atoms with Gasteiger partial charge in [0, 0.05) is 29.6 Å². The normalized spacial score (nSPS) is 11.7. The predicted molar refractivity (Wildman–Crippen MR) is 82.4 cm³/mol. The van der Waals surface area contributed by atoms with Gasteiger partial charge in [0.25, 0.3) is 5.91 Å². The summed E-state index contributed by atoms with van der Waals surface area (Å²) < 4.78 is 0. The molecule has 0 aliphatic heterocycles. The molecule has 2 rings (SSSR count). The summed E-state index contributed by atoms with van der Waals surface area (Å²) in [6.07, 6.45) is -0.715. The molecule has 0 bridgehead atoms. The van der Waals surface area contributed by atoms with Crippen LogP contribution in [-0.2, 0) is 4.79 Å². The molecule has 0 saturated carbocycles. The summed E-state index contributed by atoms with van der Waals surface area (Å²) in [6, 6.07) is 10.3. The molecule has 5 nitrogen and oxygen atoms in total. The van der Waals surface area contributed by atoms with E-state index in [9.17, 15) is 14.7 Å². The number of rotatable bonds is 5. The van der Waals surface area contributed by atoms with Crippen LogP contribution in [0.15, 0.2) is 41.8 Å². The van der Waals surface area contributed by atoms with E-state index in [1.807, 2.05) is 17.5 Å². The molecule has 0 saturated heterocycles. The first kappa shape index (κ1) is 15.2. The average Bonchev–Trinajstić information content (AvgIpc) is 2.98. The Hall–Kier alpha value is -2.18. The van der Waals surface area contributed by atoms with E-state index in [1.165, 1.54) is 18.3 Å². The van der Waals surface area contributed by atoms with Crippen molar-refractivity contribution in [2.45, 2.75) is 13.0 Å². The van der Waals surface area contributed by atoms with E-state index in [0.717, 1.165) is 4.88 Å². The molecule has 1 aromatic heterocycles. The van der Waals surface area contributed by atoms with Crippen molar-refractivity contribution in [1.82, 2.24) is 5.32 Å². The van der Waals surface area contributed by atoms with Crippen molar-refractivity contribution in [3.63, 3.8) is 0 Å². The van der Waals surface area contributed by atoms with Crippen LogP contribution in [0.3, 0.4) is 0 Å². The number of amides is 2. The van der Waals surface area contributed by atoms with Gasteiger partial charge < -0.3 is 15.7 Å². The van der Waals surface area contributed by atoms with Crippen molar-refractivity contribution in [3.05, 3.63) is 52.2 Å². The van der Waals surface area contributed by atoms with Crippen molar-refractivity contribution in [2.75, 3.05) is 11.9 Å². The van der Waals surface area contributed by atoms with E-state index in [2.05, 4.69) is 10.6 Å². The van der Waals surface area contributed by atoms with Gasteiger partial charge in [-0.3, -0.25) is 9.59 Å². The van der Waals surface area contributed by atoms with E-state index < -0.39 is 6.10 Å². The van der Waals surface area contributed by atoms with Gasteiger partial charge in [-0.1, -0.05) is 12.1 Å². The second-order valence-electron chi connectivity index (χ2n) is 4.50. The minimum absolute atomic E-state index is 0.143. The van der Waals surface area contributed by atoms with E-state index in [0.29, 0.717) is 11.3 Å². The smallest absolute Gasteiger partial charge is 0.251 e. The zero-order valence-corrected chi connectivity index (χ0v) is 12.3. The summed E-state index contributed by atoms with van der Waals surface area (Å²) in [6.45, 7) is 1.55. The molecule has 1 aromatic carbocycles. The van der Waals surface area contributed by atoms with Crippen LogP contribution in [0, 0.1) is 0 Å². The van der Waals surface area contributed by atoms with Crippen molar-refractivity contribution < 1.29 is 14.7 Å². The average molecular weight is 304 g/mol. The van der Waals surface area contributed by atoms with Crippen LogP contribution in [0.25, 0.3) is 0 Å². The number of hydrogen-bond acceptors (Lipinski definition) is 4. The number of aliphatic hydroxyl groups is 1. The lowest BCUT2D eigenvalue weighted by atomic mass is 10.2. The van der Waals surface area contributed by atoms with Gasteiger partial charge in [0.1, 0.15) is 6.10 Å². The topological polar surface area (TPSA) is 78.4 Å². The van der Waals surface area contributed by atoms with Crippen LogP contribution < -0.4 is 10.6 Å². The highest BCUT2D eigenvalue weighted by Gasteiger charge is 2.12. The lowest BCUT2D eigenvalue weighted by Crippen LogP contribution is -2.28. The number of anilines is 1. The molecule has 0 aliphatic carbocycles. The fraction of sp³-hybridized carbons (Fsp3) is 0.200. The Bertz CT molecular complexity index is 626. The first-order valence-electron chi connectivity index (χ1n) is 6.43. The van der Waals surface area contributed by atoms with Gasteiger partial charge in [0.2, 0.25) is 5.91 Å². The Kier molecular flexibility index (Phi) is 5.08. The van der Waals surface area contributed by atoms with Gasteiger partial charge >= 0.3 is 0 Å². The molecule has 1 atom stereocenters. The Morgan fingerprint density at radius 3 is 2.76 bits per heavy atom. The van der Waals surface area contributed by atoms with Gasteiger partial charge in [-0.05, 0) is 29.6 Å². The number of thiophene rings is 1. The Balaban J connectivity index is 1.95. The fourth-order valence-corrected chi connectivity index (χ4v) is 2.53. The van der Waals surface area contributed by atoms with Crippen molar-refractivity contribution in [1.29, 1.82) is 0 Å². The lowest BCUT2D eigenvalue weighted by Gasteiger charge is -2.11. The SMILES string of the molecule is CC(=O)Nc1cccc(C(=O)NCC(O)c2cccs2)c1. The molecule has 1 unspecified atom stereocenters. The monoisotopic (exact) mass is 304 g/mol. The van der Waals surface area contributed by atoms with Gasteiger partial charge in [-0.15, -0.1) is 11.3 Å². The number of benzene rings is 1. The number of hydrogen-bond donors (Lipinski definition) is 3. The number of carbonyl (C=O) groups excluding carboxylic acids is 2. The van der Waals surface area contributed by atoms with Gasteiger partial charge in [0.05, 0.1) is 0 Å². The first-order chi connectivity index (χ1) is 10.1. The third-order valence-electron chi connectivity index (χ3n) is 2.77. The number of carbonyl (C=O) groups is 2. The van der Waals surface area contributed by atoms with Crippen molar-refractivity contribution >= 4 is 28.8 Å². The van der Waals surface area contributed by atoms with Crippen molar-refractivity contribution in [3.8, 4) is 0 Å². The zero-order chi connectivity index (χ0) is 15.2.